The fraction of sp³-hybridized carbons (Fsp3) is 0.467. The molecule has 0 unspecified atom stereocenters. The first-order valence-corrected chi connectivity index (χ1v) is 21.0. The number of likely N-dealkylation sites (tertiary alicyclic amines) is 1. The third-order valence-electron chi connectivity index (χ3n) is 13.4. The summed E-state index contributed by atoms with van der Waals surface area (Å²) >= 11 is 0. The lowest BCUT2D eigenvalue weighted by molar-refractivity contribution is -0.163. The van der Waals surface area contributed by atoms with Gasteiger partial charge >= 0.3 is 6.03 Å². The van der Waals surface area contributed by atoms with Crippen molar-refractivity contribution in [2.24, 2.45) is 16.7 Å². The molecule has 5 aromatic rings. The topological polar surface area (TPSA) is 174 Å². The summed E-state index contributed by atoms with van der Waals surface area (Å²) in [5, 5.41) is 21.6. The van der Waals surface area contributed by atoms with Gasteiger partial charge in [0.1, 0.15) is 29.6 Å². The Kier molecular flexibility index (Phi) is 11.4. The van der Waals surface area contributed by atoms with Crippen molar-refractivity contribution in [3.8, 4) is 11.8 Å². The average molecular weight is 846 g/mol. The summed E-state index contributed by atoms with van der Waals surface area (Å²) in [6.45, 7) is 13.7. The Hall–Kier alpha value is -5.85. The number of amides is 4. The van der Waals surface area contributed by atoms with Crippen LogP contribution in [0.15, 0.2) is 67.3 Å². The molecule has 0 spiro atoms. The van der Waals surface area contributed by atoms with Crippen molar-refractivity contribution in [2.75, 3.05) is 49.1 Å². The third kappa shape index (κ3) is 7.72. The zero-order chi connectivity index (χ0) is 41.8. The monoisotopic (exact) mass is 845 g/mol. The molecule has 7 heterocycles. The molecular weight excluding hydrogens is 794 g/mol. The first kappa shape index (κ1) is 41.9. The van der Waals surface area contributed by atoms with Crippen LogP contribution in [0.3, 0.4) is 0 Å². The zero-order valence-electron chi connectivity index (χ0n) is 35.0. The number of benzene rings is 1. The van der Waals surface area contributed by atoms with Gasteiger partial charge in [0.15, 0.2) is 0 Å². The van der Waals surface area contributed by atoms with Crippen LogP contribution in [0.4, 0.5) is 16.4 Å². The van der Waals surface area contributed by atoms with Gasteiger partial charge in [-0.05, 0) is 74.1 Å². The maximum absolute atomic E-state index is 13.6. The Bertz CT molecular complexity index is 2490. The van der Waals surface area contributed by atoms with Crippen LogP contribution in [0.1, 0.15) is 81.8 Å². The third-order valence-corrected chi connectivity index (χ3v) is 13.4. The van der Waals surface area contributed by atoms with Crippen LogP contribution in [-0.4, -0.2) is 98.9 Å². The van der Waals surface area contributed by atoms with Gasteiger partial charge in [-0.25, -0.2) is 14.8 Å². The number of urea groups is 1. The summed E-state index contributed by atoms with van der Waals surface area (Å²) in [5.41, 5.74) is 1.88. The predicted octanol–water partition coefficient (Wildman–Crippen LogP) is 6.28. The van der Waals surface area contributed by atoms with E-state index in [2.05, 4.69) is 68.8 Å². The molecule has 4 fully saturated rings. The van der Waals surface area contributed by atoms with Crippen LogP contribution in [0.2, 0.25) is 0 Å². The molecule has 1 saturated carbocycles. The Morgan fingerprint density at radius 3 is 2.38 bits per heavy atom. The quantitative estimate of drug-likeness (QED) is 0.171. The van der Waals surface area contributed by atoms with Gasteiger partial charge in [0.2, 0.25) is 5.91 Å². The second-order valence-corrected chi connectivity index (χ2v) is 17.9. The zero-order valence-corrected chi connectivity index (χ0v) is 35.8. The molecule has 61 heavy (non-hydrogen) atoms. The number of hydrogen-bond donors (Lipinski definition) is 2. The Labute approximate surface area is 361 Å². The number of imide groups is 1. The normalized spacial score (nSPS) is 22.0. The molecule has 3 aliphatic heterocycles. The number of nitrogens with zero attached hydrogens (tertiary/aromatic N) is 9. The molecule has 2 N–H and O–H groups in total. The van der Waals surface area contributed by atoms with E-state index in [0.717, 1.165) is 80.5 Å². The van der Waals surface area contributed by atoms with Crippen molar-refractivity contribution < 1.29 is 19.1 Å². The number of nitriles is 1. The maximum Gasteiger partial charge on any atom is 0.329 e. The molecular formula is C45H52ClN11O4. The van der Waals surface area contributed by atoms with Gasteiger partial charge in [-0.1, -0.05) is 27.7 Å². The van der Waals surface area contributed by atoms with Crippen molar-refractivity contribution in [3.63, 3.8) is 0 Å². The lowest BCUT2D eigenvalue weighted by atomic mass is 9.49. The highest BCUT2D eigenvalue weighted by atomic mass is 35.5. The number of hydrogen-bond acceptors (Lipinski definition) is 11. The Balaban J connectivity index is 0.00000514. The minimum absolute atomic E-state index is 0. The predicted molar refractivity (Wildman–Crippen MR) is 234 cm³/mol. The maximum atomic E-state index is 13.6. The molecule has 3 saturated heterocycles. The van der Waals surface area contributed by atoms with Gasteiger partial charge in [-0.15, -0.1) is 12.4 Å². The number of anilines is 2. The van der Waals surface area contributed by atoms with E-state index in [1.807, 2.05) is 36.4 Å². The van der Waals surface area contributed by atoms with Crippen LogP contribution >= 0.6 is 12.4 Å². The van der Waals surface area contributed by atoms with Crippen molar-refractivity contribution in [1.82, 2.24) is 40.3 Å². The van der Waals surface area contributed by atoms with Crippen LogP contribution in [-0.2, 0) is 4.79 Å². The van der Waals surface area contributed by atoms with Crippen LogP contribution in [0.25, 0.3) is 21.8 Å². The number of ether oxygens (including phenoxy) is 1. The highest BCUT2D eigenvalue weighted by molar-refractivity contribution is 6.08. The van der Waals surface area contributed by atoms with E-state index in [1.54, 1.807) is 30.9 Å². The number of halogens is 1. The molecule has 4 aromatic heterocycles. The van der Waals surface area contributed by atoms with E-state index < -0.39 is 6.03 Å². The highest BCUT2D eigenvalue weighted by Crippen LogP contribution is 2.56. The molecule has 0 radical (unpaired) electrons. The molecule has 1 aliphatic carbocycles. The largest absolute Gasteiger partial charge is 0.488 e. The number of pyridine rings is 3. The number of piperidine rings is 2. The molecule has 15 nitrogen and oxygen atoms in total. The molecule has 0 bridgehead atoms. The summed E-state index contributed by atoms with van der Waals surface area (Å²) in [5.74, 6) is 2.31. The smallest absolute Gasteiger partial charge is 0.329 e. The lowest BCUT2D eigenvalue weighted by Gasteiger charge is -2.63. The van der Waals surface area contributed by atoms with E-state index in [1.165, 1.54) is 4.90 Å². The van der Waals surface area contributed by atoms with Gasteiger partial charge in [0.25, 0.3) is 5.91 Å². The van der Waals surface area contributed by atoms with E-state index >= 15 is 0 Å². The van der Waals surface area contributed by atoms with Crippen molar-refractivity contribution in [1.29, 1.82) is 5.26 Å². The second kappa shape index (κ2) is 16.5. The van der Waals surface area contributed by atoms with Crippen LogP contribution in [0.5, 0.6) is 5.75 Å². The molecule has 0 atom stereocenters. The fourth-order valence-corrected chi connectivity index (χ4v) is 10.5. The minimum Gasteiger partial charge on any atom is -0.488 e. The molecule has 4 amide bonds. The van der Waals surface area contributed by atoms with Crippen molar-refractivity contribution in [3.05, 3.63) is 78.4 Å². The number of carbonyl (C=O) groups excluding carboxylic acids is 3. The first-order chi connectivity index (χ1) is 28.9. The molecule has 9 rings (SSSR count). The van der Waals surface area contributed by atoms with E-state index in [9.17, 15) is 19.6 Å². The first-order valence-electron chi connectivity index (χ1n) is 21.0. The standard InChI is InChI=1S/C45H51N11O4.ClH/c1-44(2)41(45(3,4)42(44)60-35-9-7-29(24-46)38-32(35)6-5-17-47-38)52-40(58)30-8-10-36(49-25-30)54-21-12-28(13-22-54)27-53-19-14-31(15-20-53)56-34-11-18-48-39(33(34)26-50-56)55-23-16-37(57)51-43(55)59;/h5-11,17-18,25-26,28,31,41-42H,12-16,19-23,27H2,1-4H3,(H,52,58)(H,51,57,59);1H. The number of fused-ring (bicyclic) bond motifs is 2. The van der Waals surface area contributed by atoms with Gasteiger partial charge in [0, 0.05) is 86.5 Å². The summed E-state index contributed by atoms with van der Waals surface area (Å²) in [6, 6.07) is 15.1. The van der Waals surface area contributed by atoms with Crippen LogP contribution < -0.4 is 25.2 Å². The van der Waals surface area contributed by atoms with E-state index in [4.69, 9.17) is 14.8 Å². The van der Waals surface area contributed by atoms with Gasteiger partial charge in [0.05, 0.1) is 39.8 Å². The Morgan fingerprint density at radius 1 is 0.902 bits per heavy atom. The van der Waals surface area contributed by atoms with E-state index in [0.29, 0.717) is 40.7 Å². The summed E-state index contributed by atoms with van der Waals surface area (Å²) < 4.78 is 8.74. The summed E-state index contributed by atoms with van der Waals surface area (Å²) in [4.78, 5) is 57.9. The molecule has 16 heteroatoms. The van der Waals surface area contributed by atoms with Gasteiger partial charge < -0.3 is 19.9 Å². The van der Waals surface area contributed by atoms with E-state index in [-0.39, 0.29) is 59.7 Å². The Morgan fingerprint density at radius 2 is 1.67 bits per heavy atom. The summed E-state index contributed by atoms with van der Waals surface area (Å²) in [6.07, 6.45) is 11.1. The molecule has 318 valence electrons. The molecule has 1 aromatic carbocycles. The van der Waals surface area contributed by atoms with Crippen molar-refractivity contribution in [2.45, 2.75) is 78.0 Å². The van der Waals surface area contributed by atoms with Gasteiger partial charge in [-0.3, -0.25) is 29.5 Å². The SMILES string of the molecule is CC1(C)C(NC(=O)c2ccc(N3CCC(CN4CCC(n5ncc6c(N7CCC(=O)NC7=O)nccc65)CC4)CC3)nc2)C(C)(C)C1Oc1ccc(C#N)c2ncccc12.Cl. The van der Waals surface area contributed by atoms with Crippen molar-refractivity contribution >= 4 is 63.7 Å². The summed E-state index contributed by atoms with van der Waals surface area (Å²) in [7, 11) is 0. The average Bonchev–Trinajstić information content (AvgIpc) is 3.70. The number of rotatable bonds is 9. The second-order valence-electron chi connectivity index (χ2n) is 17.9. The highest BCUT2D eigenvalue weighted by Gasteiger charge is 2.64. The molecule has 4 aliphatic rings. The number of aromatic nitrogens is 5. The van der Waals surface area contributed by atoms with Gasteiger partial charge in [-0.2, -0.15) is 10.4 Å². The fourth-order valence-electron chi connectivity index (χ4n) is 10.5. The van der Waals surface area contributed by atoms with Crippen LogP contribution in [0, 0.1) is 28.1 Å². The number of carbonyl (C=O) groups is 3. The number of nitrogens with one attached hydrogen (secondary N) is 2. The minimum atomic E-state index is -0.443. The lowest BCUT2D eigenvalue weighted by Crippen LogP contribution is -2.74.